The molecule has 0 radical (unpaired) electrons. The second kappa shape index (κ2) is 5.40. The lowest BCUT2D eigenvalue weighted by Crippen LogP contribution is -2.34. The quantitative estimate of drug-likeness (QED) is 0.818. The Labute approximate surface area is 112 Å². The lowest BCUT2D eigenvalue weighted by atomic mass is 10.1. The summed E-state index contributed by atoms with van der Waals surface area (Å²) in [4.78, 5) is 23.7. The molecule has 2 amide bonds. The van der Waals surface area contributed by atoms with Crippen LogP contribution in [-0.2, 0) is 4.79 Å². The Morgan fingerprint density at radius 1 is 1.30 bits per heavy atom. The van der Waals surface area contributed by atoms with E-state index in [9.17, 15) is 22.8 Å². The molecule has 2 N–H and O–H groups in total. The number of anilines is 1. The first kappa shape index (κ1) is 14.2. The summed E-state index contributed by atoms with van der Waals surface area (Å²) in [5.74, 6) is -5.51. The second-order valence-electron chi connectivity index (χ2n) is 4.45. The average molecular weight is 288 g/mol. The van der Waals surface area contributed by atoms with Gasteiger partial charge in [-0.2, -0.15) is 0 Å². The Morgan fingerprint density at radius 3 is 2.60 bits per heavy atom. The molecule has 20 heavy (non-hydrogen) atoms. The zero-order valence-electron chi connectivity index (χ0n) is 10.2. The zero-order chi connectivity index (χ0) is 14.9. The highest BCUT2D eigenvalue weighted by Crippen LogP contribution is 2.21. The zero-order valence-corrected chi connectivity index (χ0v) is 10.2. The number of carbonyl (C=O) groups excluding carboxylic acids is 1. The van der Waals surface area contributed by atoms with E-state index in [4.69, 9.17) is 5.11 Å². The Kier molecular flexibility index (Phi) is 3.82. The van der Waals surface area contributed by atoms with E-state index in [0.717, 1.165) is 4.90 Å². The molecule has 1 heterocycles. The number of likely N-dealkylation sites (tertiary alicyclic amines) is 1. The highest BCUT2D eigenvalue weighted by Gasteiger charge is 2.31. The number of nitrogens with one attached hydrogen (secondary N) is 1. The summed E-state index contributed by atoms with van der Waals surface area (Å²) in [6, 6.07) is 0.222. The minimum Gasteiger partial charge on any atom is -0.481 e. The average Bonchev–Trinajstić information content (AvgIpc) is 2.85. The third-order valence-electron chi connectivity index (χ3n) is 3.06. The van der Waals surface area contributed by atoms with Crippen molar-refractivity contribution >= 4 is 17.7 Å². The number of benzene rings is 1. The van der Waals surface area contributed by atoms with Crippen LogP contribution in [0.1, 0.15) is 6.42 Å². The van der Waals surface area contributed by atoms with E-state index in [1.54, 1.807) is 0 Å². The maximum atomic E-state index is 13.4. The molecule has 1 aromatic rings. The Hall–Kier alpha value is -2.25. The molecule has 0 saturated carbocycles. The van der Waals surface area contributed by atoms with Gasteiger partial charge in [-0.1, -0.05) is 0 Å². The van der Waals surface area contributed by atoms with Crippen LogP contribution < -0.4 is 5.32 Å². The van der Waals surface area contributed by atoms with E-state index in [-0.39, 0.29) is 19.5 Å². The smallest absolute Gasteiger partial charge is 0.321 e. The number of halogens is 3. The second-order valence-corrected chi connectivity index (χ2v) is 4.45. The summed E-state index contributed by atoms with van der Waals surface area (Å²) in [6.45, 7) is 0.156. The monoisotopic (exact) mass is 288 g/mol. The molecule has 1 saturated heterocycles. The van der Waals surface area contributed by atoms with E-state index in [2.05, 4.69) is 0 Å². The lowest BCUT2D eigenvalue weighted by molar-refractivity contribution is -0.141. The molecule has 0 aromatic heterocycles. The van der Waals surface area contributed by atoms with Crippen LogP contribution in [-0.4, -0.2) is 35.1 Å². The molecule has 5 nitrogen and oxygen atoms in total. The number of aliphatic carboxylic acids is 1. The first-order valence-corrected chi connectivity index (χ1v) is 5.81. The van der Waals surface area contributed by atoms with Gasteiger partial charge < -0.3 is 15.3 Å². The molecule has 0 bridgehead atoms. The van der Waals surface area contributed by atoms with E-state index in [0.29, 0.717) is 12.1 Å². The minimum absolute atomic E-state index is 0.0272. The molecule has 0 spiro atoms. The van der Waals surface area contributed by atoms with Crippen LogP contribution in [0.15, 0.2) is 12.1 Å². The summed E-state index contributed by atoms with van der Waals surface area (Å²) in [7, 11) is 0. The van der Waals surface area contributed by atoms with Crippen molar-refractivity contribution in [1.29, 1.82) is 0 Å². The number of hydrogen-bond donors (Lipinski definition) is 2. The van der Waals surface area contributed by atoms with Crippen LogP contribution in [0.2, 0.25) is 0 Å². The number of rotatable bonds is 2. The van der Waals surface area contributed by atoms with Crippen molar-refractivity contribution in [2.24, 2.45) is 5.92 Å². The Bertz CT molecular complexity index is 565. The van der Waals surface area contributed by atoms with Crippen molar-refractivity contribution in [3.8, 4) is 0 Å². The summed E-state index contributed by atoms with van der Waals surface area (Å²) in [6.07, 6.45) is 0.281. The predicted octanol–water partition coefficient (Wildman–Crippen LogP) is 2.04. The van der Waals surface area contributed by atoms with Gasteiger partial charge in [0.05, 0.1) is 11.6 Å². The summed E-state index contributed by atoms with van der Waals surface area (Å²) >= 11 is 0. The Morgan fingerprint density at radius 2 is 2.00 bits per heavy atom. The molecular weight excluding hydrogens is 277 g/mol. The third kappa shape index (κ3) is 2.84. The molecule has 1 aliphatic rings. The number of carboxylic acids is 1. The fourth-order valence-corrected chi connectivity index (χ4v) is 1.99. The molecule has 1 fully saturated rings. The molecule has 8 heteroatoms. The molecule has 2 rings (SSSR count). The summed E-state index contributed by atoms with van der Waals surface area (Å²) in [5, 5.41) is 10.8. The number of carbonyl (C=O) groups is 2. The molecular formula is C12H11F3N2O3. The van der Waals surface area contributed by atoms with E-state index in [1.807, 2.05) is 5.32 Å². The molecule has 1 aromatic carbocycles. The molecule has 0 aliphatic carbocycles. The number of urea groups is 1. The van der Waals surface area contributed by atoms with Gasteiger partial charge >= 0.3 is 12.0 Å². The standard InChI is InChI=1S/C12H11F3N2O3/c13-7-3-8(14)10(15)9(4-7)16-12(20)17-2-1-6(5-17)11(18)19/h3-4,6H,1-2,5H2,(H,16,20)(H,18,19). The highest BCUT2D eigenvalue weighted by molar-refractivity contribution is 5.90. The van der Waals surface area contributed by atoms with Crippen LogP contribution >= 0.6 is 0 Å². The number of nitrogens with zero attached hydrogens (tertiary/aromatic N) is 1. The van der Waals surface area contributed by atoms with Gasteiger partial charge in [0.1, 0.15) is 5.82 Å². The third-order valence-corrected chi connectivity index (χ3v) is 3.06. The van der Waals surface area contributed by atoms with Crippen molar-refractivity contribution in [2.75, 3.05) is 18.4 Å². The van der Waals surface area contributed by atoms with Crippen LogP contribution in [0.3, 0.4) is 0 Å². The van der Waals surface area contributed by atoms with E-state index in [1.165, 1.54) is 0 Å². The number of carboxylic acid groups (broad SMARTS) is 1. The van der Waals surface area contributed by atoms with Gasteiger partial charge in [-0.05, 0) is 6.42 Å². The molecule has 108 valence electrons. The van der Waals surface area contributed by atoms with Gasteiger partial charge in [0.15, 0.2) is 11.6 Å². The van der Waals surface area contributed by atoms with Crippen molar-refractivity contribution < 1.29 is 27.9 Å². The maximum Gasteiger partial charge on any atom is 0.321 e. The highest BCUT2D eigenvalue weighted by atomic mass is 19.2. The first-order chi connectivity index (χ1) is 9.38. The predicted molar refractivity (Wildman–Crippen MR) is 62.7 cm³/mol. The topological polar surface area (TPSA) is 69.6 Å². The SMILES string of the molecule is O=C(O)C1CCN(C(=O)Nc2cc(F)cc(F)c2F)C1. The van der Waals surface area contributed by atoms with Crippen molar-refractivity contribution in [3.05, 3.63) is 29.6 Å². The normalized spacial score (nSPS) is 18.1. The maximum absolute atomic E-state index is 13.4. The lowest BCUT2D eigenvalue weighted by Gasteiger charge is -2.17. The van der Waals surface area contributed by atoms with Gasteiger partial charge in [-0.15, -0.1) is 0 Å². The van der Waals surface area contributed by atoms with E-state index >= 15 is 0 Å². The van der Waals surface area contributed by atoms with Gasteiger partial charge in [-0.3, -0.25) is 4.79 Å². The van der Waals surface area contributed by atoms with Crippen LogP contribution in [0.25, 0.3) is 0 Å². The van der Waals surface area contributed by atoms with Gasteiger partial charge in [0.25, 0.3) is 0 Å². The van der Waals surface area contributed by atoms with Crippen molar-refractivity contribution in [2.45, 2.75) is 6.42 Å². The largest absolute Gasteiger partial charge is 0.481 e. The fourth-order valence-electron chi connectivity index (χ4n) is 1.99. The van der Waals surface area contributed by atoms with Gasteiger partial charge in [0.2, 0.25) is 0 Å². The van der Waals surface area contributed by atoms with Crippen LogP contribution in [0, 0.1) is 23.4 Å². The van der Waals surface area contributed by atoms with Gasteiger partial charge in [0, 0.05) is 25.2 Å². The summed E-state index contributed by atoms with van der Waals surface area (Å²) < 4.78 is 39.3. The van der Waals surface area contributed by atoms with Crippen molar-refractivity contribution in [1.82, 2.24) is 4.90 Å². The molecule has 1 aliphatic heterocycles. The number of hydrogen-bond acceptors (Lipinski definition) is 2. The first-order valence-electron chi connectivity index (χ1n) is 5.81. The number of amides is 2. The molecule has 1 atom stereocenters. The van der Waals surface area contributed by atoms with Crippen LogP contribution in [0.5, 0.6) is 0 Å². The van der Waals surface area contributed by atoms with Crippen molar-refractivity contribution in [3.63, 3.8) is 0 Å². The minimum atomic E-state index is -1.41. The summed E-state index contributed by atoms with van der Waals surface area (Å²) in [5.41, 5.74) is -0.619. The van der Waals surface area contributed by atoms with E-state index < -0.39 is 41.1 Å². The molecule has 1 unspecified atom stereocenters. The Balaban J connectivity index is 2.08. The van der Waals surface area contributed by atoms with Gasteiger partial charge in [-0.25, -0.2) is 18.0 Å². The fraction of sp³-hybridized carbons (Fsp3) is 0.333. The van der Waals surface area contributed by atoms with Crippen LogP contribution in [0.4, 0.5) is 23.7 Å².